The molecule has 0 unspecified atom stereocenters. The van der Waals surface area contributed by atoms with Gasteiger partial charge in [-0.05, 0) is 0 Å². The van der Waals surface area contributed by atoms with Crippen molar-refractivity contribution in [2.24, 2.45) is 0 Å². The summed E-state index contributed by atoms with van der Waals surface area (Å²) in [7, 11) is -3.13. The summed E-state index contributed by atoms with van der Waals surface area (Å²) in [5, 5.41) is 1.69. The number of hydrogen-bond acceptors (Lipinski definition) is 2. The molecule has 0 aromatic heterocycles. The fourth-order valence-corrected chi connectivity index (χ4v) is 0.589. The summed E-state index contributed by atoms with van der Waals surface area (Å²) >= 11 is 0. The third-order valence-electron chi connectivity index (χ3n) is 1.13. The first-order chi connectivity index (χ1) is 6.12. The van der Waals surface area contributed by atoms with E-state index in [1.807, 2.05) is 36.4 Å². The number of sulfone groups is 1. The van der Waals surface area contributed by atoms with E-state index >= 15 is 0 Å². The fourth-order valence-electron chi connectivity index (χ4n) is 0.453. The molecular formula is C10H12O2S. The van der Waals surface area contributed by atoms with Crippen molar-refractivity contribution >= 4 is 9.84 Å². The molecule has 0 aliphatic heterocycles. The molecule has 13 heavy (non-hydrogen) atoms. The van der Waals surface area contributed by atoms with Crippen LogP contribution in [0.4, 0.5) is 0 Å². The summed E-state index contributed by atoms with van der Waals surface area (Å²) in [4.78, 5) is 0. The standard InChI is InChI=1S/C6H6.C4H6O2S/c1-2-4-6-5-3-1;1-3-7(5,6)4-2/h1-6H;3-4H,1-2H2. The molecule has 70 valence electrons. The molecule has 0 saturated carbocycles. The van der Waals surface area contributed by atoms with E-state index in [9.17, 15) is 8.42 Å². The van der Waals surface area contributed by atoms with E-state index in [-0.39, 0.29) is 0 Å². The molecule has 1 aromatic rings. The summed E-state index contributed by atoms with van der Waals surface area (Å²) < 4.78 is 20.3. The van der Waals surface area contributed by atoms with E-state index in [0.29, 0.717) is 0 Å². The van der Waals surface area contributed by atoms with Crippen LogP contribution >= 0.6 is 0 Å². The van der Waals surface area contributed by atoms with E-state index < -0.39 is 9.84 Å². The third-order valence-corrected chi connectivity index (χ3v) is 2.06. The topological polar surface area (TPSA) is 34.1 Å². The average Bonchev–Trinajstić information content (AvgIpc) is 2.21. The zero-order valence-corrected chi connectivity index (χ0v) is 8.07. The minimum absolute atomic E-state index is 0.847. The van der Waals surface area contributed by atoms with Crippen LogP contribution in [0.25, 0.3) is 0 Å². The second-order valence-electron chi connectivity index (χ2n) is 2.08. The number of hydrogen-bond donors (Lipinski definition) is 0. The van der Waals surface area contributed by atoms with Crippen molar-refractivity contribution in [2.75, 3.05) is 0 Å². The van der Waals surface area contributed by atoms with Crippen molar-refractivity contribution in [3.63, 3.8) is 0 Å². The monoisotopic (exact) mass is 196 g/mol. The molecule has 0 fully saturated rings. The Bertz CT molecular complexity index is 298. The summed E-state index contributed by atoms with van der Waals surface area (Å²) in [5.74, 6) is 0. The van der Waals surface area contributed by atoms with Gasteiger partial charge in [0.2, 0.25) is 0 Å². The summed E-state index contributed by atoms with van der Waals surface area (Å²) in [6.07, 6.45) is 0. The minimum atomic E-state index is -3.13. The zero-order valence-electron chi connectivity index (χ0n) is 7.26. The Labute approximate surface area is 79.1 Å². The highest BCUT2D eigenvalue weighted by Gasteiger charge is 1.90. The molecule has 0 saturated heterocycles. The lowest BCUT2D eigenvalue weighted by atomic mass is 10.4. The van der Waals surface area contributed by atoms with Gasteiger partial charge in [0.25, 0.3) is 0 Å². The van der Waals surface area contributed by atoms with Crippen LogP contribution in [0.1, 0.15) is 0 Å². The molecular weight excluding hydrogens is 184 g/mol. The molecule has 0 bridgehead atoms. The van der Waals surface area contributed by atoms with Gasteiger partial charge in [0.05, 0.1) is 0 Å². The Balaban J connectivity index is 0.000000223. The molecule has 0 aliphatic rings. The maximum absolute atomic E-state index is 10.1. The first kappa shape index (κ1) is 11.6. The average molecular weight is 196 g/mol. The van der Waals surface area contributed by atoms with Gasteiger partial charge in [0, 0.05) is 10.8 Å². The first-order valence-electron chi connectivity index (χ1n) is 3.62. The Hall–Kier alpha value is -1.35. The van der Waals surface area contributed by atoms with Crippen molar-refractivity contribution < 1.29 is 8.42 Å². The predicted octanol–water partition coefficient (Wildman–Crippen LogP) is 2.37. The second kappa shape index (κ2) is 6.20. The molecule has 0 amide bonds. The van der Waals surface area contributed by atoms with Crippen molar-refractivity contribution in [1.82, 2.24) is 0 Å². The first-order valence-corrected chi connectivity index (χ1v) is 5.23. The van der Waals surface area contributed by atoms with Crippen molar-refractivity contribution in [3.8, 4) is 0 Å². The quantitative estimate of drug-likeness (QED) is 0.727. The van der Waals surface area contributed by atoms with Gasteiger partial charge in [-0.15, -0.1) is 0 Å². The van der Waals surface area contributed by atoms with Gasteiger partial charge >= 0.3 is 0 Å². The molecule has 0 aliphatic carbocycles. The molecule has 0 spiro atoms. The molecule has 0 N–H and O–H groups in total. The maximum atomic E-state index is 10.1. The van der Waals surface area contributed by atoms with Gasteiger partial charge in [-0.1, -0.05) is 49.6 Å². The van der Waals surface area contributed by atoms with Crippen LogP contribution in [0.15, 0.2) is 60.4 Å². The Kier molecular flexibility index (Phi) is 5.55. The van der Waals surface area contributed by atoms with Crippen LogP contribution in [-0.4, -0.2) is 8.42 Å². The molecule has 0 radical (unpaired) electrons. The van der Waals surface area contributed by atoms with Crippen LogP contribution in [0, 0.1) is 0 Å². The van der Waals surface area contributed by atoms with E-state index in [2.05, 4.69) is 13.2 Å². The smallest absolute Gasteiger partial charge is 0.191 e. The third kappa shape index (κ3) is 7.03. The van der Waals surface area contributed by atoms with Gasteiger partial charge in [-0.3, -0.25) is 0 Å². The van der Waals surface area contributed by atoms with Crippen LogP contribution in [-0.2, 0) is 9.84 Å². The predicted molar refractivity (Wildman–Crippen MR) is 55.8 cm³/mol. The molecule has 1 aromatic carbocycles. The van der Waals surface area contributed by atoms with Crippen LogP contribution in [0.3, 0.4) is 0 Å². The Morgan fingerprint density at radius 3 is 1.08 bits per heavy atom. The lowest BCUT2D eigenvalue weighted by Crippen LogP contribution is -1.83. The zero-order chi connectivity index (χ0) is 10.2. The van der Waals surface area contributed by atoms with Crippen LogP contribution < -0.4 is 0 Å². The Morgan fingerprint density at radius 1 is 0.769 bits per heavy atom. The number of benzene rings is 1. The highest BCUT2D eigenvalue weighted by Crippen LogP contribution is 1.87. The van der Waals surface area contributed by atoms with Crippen molar-refractivity contribution in [2.45, 2.75) is 0 Å². The van der Waals surface area contributed by atoms with Gasteiger partial charge in [-0.25, -0.2) is 8.42 Å². The second-order valence-corrected chi connectivity index (χ2v) is 3.92. The maximum Gasteiger partial charge on any atom is 0.191 e. The molecule has 0 heterocycles. The van der Waals surface area contributed by atoms with E-state index in [1.165, 1.54) is 0 Å². The van der Waals surface area contributed by atoms with Crippen molar-refractivity contribution in [1.29, 1.82) is 0 Å². The van der Waals surface area contributed by atoms with Gasteiger partial charge < -0.3 is 0 Å². The number of rotatable bonds is 2. The highest BCUT2D eigenvalue weighted by molar-refractivity contribution is 7.97. The summed E-state index contributed by atoms with van der Waals surface area (Å²) in [5.41, 5.74) is 0. The lowest BCUT2D eigenvalue weighted by molar-refractivity contribution is 0.613. The molecule has 0 atom stereocenters. The van der Waals surface area contributed by atoms with E-state index in [0.717, 1.165) is 10.8 Å². The Morgan fingerprint density at radius 2 is 1.00 bits per heavy atom. The van der Waals surface area contributed by atoms with Crippen molar-refractivity contribution in [3.05, 3.63) is 60.4 Å². The van der Waals surface area contributed by atoms with Gasteiger partial charge in [-0.2, -0.15) is 0 Å². The molecule has 1 rings (SSSR count). The SMILES string of the molecule is C=CS(=O)(=O)C=C.c1ccccc1. The lowest BCUT2D eigenvalue weighted by Gasteiger charge is -1.78. The van der Waals surface area contributed by atoms with E-state index in [1.54, 1.807) is 0 Å². The minimum Gasteiger partial charge on any atom is -0.220 e. The normalized spacial score (nSPS) is 9.23. The highest BCUT2D eigenvalue weighted by atomic mass is 32.2. The van der Waals surface area contributed by atoms with Crippen LogP contribution in [0.2, 0.25) is 0 Å². The molecule has 3 heteroatoms. The van der Waals surface area contributed by atoms with Crippen LogP contribution in [0.5, 0.6) is 0 Å². The molecule has 2 nitrogen and oxygen atoms in total. The largest absolute Gasteiger partial charge is 0.220 e. The summed E-state index contributed by atoms with van der Waals surface area (Å²) in [6.45, 7) is 6.09. The van der Waals surface area contributed by atoms with Gasteiger partial charge in [0.1, 0.15) is 0 Å². The van der Waals surface area contributed by atoms with Gasteiger partial charge in [0.15, 0.2) is 9.84 Å². The summed E-state index contributed by atoms with van der Waals surface area (Å²) in [6, 6.07) is 12.0. The fraction of sp³-hybridized carbons (Fsp3) is 0. The van der Waals surface area contributed by atoms with E-state index in [4.69, 9.17) is 0 Å².